The highest BCUT2D eigenvalue weighted by atomic mass is 19.3. The van der Waals surface area contributed by atoms with E-state index < -0.39 is 24.5 Å². The molecule has 2 rings (SSSR count). The maximum atomic E-state index is 13.6. The lowest BCUT2D eigenvalue weighted by atomic mass is 10.2. The standard InChI is InChI=1S/C11H9F4N5O/c12-6-1-5(7-3-18-8(20-16)4-17-7)2-19-11(6)21-10(15)9(13)14/h1-4,9-10H,16H2,(H,18,20). The number of nitrogen functional groups attached to an aromatic ring is 1. The van der Waals surface area contributed by atoms with Gasteiger partial charge in [0.15, 0.2) is 11.6 Å². The van der Waals surface area contributed by atoms with Gasteiger partial charge < -0.3 is 10.2 Å². The third kappa shape index (κ3) is 3.54. The average molecular weight is 303 g/mol. The van der Waals surface area contributed by atoms with Crippen LogP contribution in [0.3, 0.4) is 0 Å². The lowest BCUT2D eigenvalue weighted by Gasteiger charge is -2.10. The zero-order valence-electron chi connectivity index (χ0n) is 10.3. The van der Waals surface area contributed by atoms with Crippen molar-refractivity contribution in [3.8, 4) is 17.1 Å². The number of halogens is 4. The molecule has 10 heteroatoms. The molecular formula is C11H9F4N5O. The fourth-order valence-electron chi connectivity index (χ4n) is 1.36. The summed E-state index contributed by atoms with van der Waals surface area (Å²) in [5.41, 5.74) is 2.74. The van der Waals surface area contributed by atoms with E-state index in [1.165, 1.54) is 12.4 Å². The van der Waals surface area contributed by atoms with E-state index >= 15 is 0 Å². The molecule has 3 N–H and O–H groups in total. The van der Waals surface area contributed by atoms with Crippen LogP contribution < -0.4 is 16.0 Å². The maximum Gasteiger partial charge on any atom is 0.304 e. The number of alkyl halides is 3. The molecule has 0 spiro atoms. The van der Waals surface area contributed by atoms with Crippen molar-refractivity contribution in [1.82, 2.24) is 15.0 Å². The summed E-state index contributed by atoms with van der Waals surface area (Å²) in [5, 5.41) is 0. The minimum atomic E-state index is -3.40. The molecule has 0 saturated carbocycles. The molecular weight excluding hydrogens is 294 g/mol. The van der Waals surface area contributed by atoms with Gasteiger partial charge >= 0.3 is 6.43 Å². The molecule has 0 radical (unpaired) electrons. The molecule has 2 aromatic rings. The summed E-state index contributed by atoms with van der Waals surface area (Å²) in [4.78, 5) is 11.2. The van der Waals surface area contributed by atoms with Gasteiger partial charge in [-0.05, 0) is 6.07 Å². The molecule has 0 aliphatic rings. The largest absolute Gasteiger partial charge is 0.435 e. The summed E-state index contributed by atoms with van der Waals surface area (Å²) in [6.45, 7) is 0. The second kappa shape index (κ2) is 6.31. The predicted molar refractivity (Wildman–Crippen MR) is 64.6 cm³/mol. The fourth-order valence-corrected chi connectivity index (χ4v) is 1.36. The Morgan fingerprint density at radius 1 is 1.10 bits per heavy atom. The first kappa shape index (κ1) is 14.9. The van der Waals surface area contributed by atoms with Crippen molar-refractivity contribution in [2.45, 2.75) is 12.8 Å². The number of hydrazine groups is 1. The molecule has 0 aliphatic heterocycles. The Balaban J connectivity index is 2.21. The SMILES string of the molecule is NNc1cnc(-c2cnc(OC(F)C(F)F)c(F)c2)cn1. The average Bonchev–Trinajstić information content (AvgIpc) is 2.49. The van der Waals surface area contributed by atoms with Gasteiger partial charge in [-0.3, -0.25) is 4.98 Å². The molecule has 0 bridgehead atoms. The van der Waals surface area contributed by atoms with Crippen molar-refractivity contribution in [3.63, 3.8) is 0 Å². The molecule has 112 valence electrons. The Hall–Kier alpha value is -2.49. The molecule has 2 heterocycles. The molecule has 0 amide bonds. The number of nitrogens with one attached hydrogen (secondary N) is 1. The third-order valence-electron chi connectivity index (χ3n) is 2.33. The zero-order valence-corrected chi connectivity index (χ0v) is 10.3. The minimum absolute atomic E-state index is 0.211. The van der Waals surface area contributed by atoms with E-state index in [-0.39, 0.29) is 11.3 Å². The first-order valence-corrected chi connectivity index (χ1v) is 5.54. The maximum absolute atomic E-state index is 13.6. The number of anilines is 1. The van der Waals surface area contributed by atoms with Gasteiger partial charge in [-0.25, -0.2) is 29.0 Å². The number of nitrogens with zero attached hydrogens (tertiary/aromatic N) is 3. The van der Waals surface area contributed by atoms with Crippen molar-refractivity contribution >= 4 is 5.82 Å². The second-order valence-electron chi connectivity index (χ2n) is 3.75. The summed E-state index contributed by atoms with van der Waals surface area (Å²) in [6, 6.07) is 0.917. The highest BCUT2D eigenvalue weighted by molar-refractivity contribution is 5.58. The summed E-state index contributed by atoms with van der Waals surface area (Å²) >= 11 is 0. The van der Waals surface area contributed by atoms with Crippen LogP contribution in [0, 0.1) is 5.82 Å². The molecule has 0 saturated heterocycles. The van der Waals surface area contributed by atoms with E-state index in [9.17, 15) is 17.6 Å². The number of aromatic nitrogens is 3. The molecule has 0 aliphatic carbocycles. The van der Waals surface area contributed by atoms with E-state index in [1.54, 1.807) is 0 Å². The van der Waals surface area contributed by atoms with Crippen LogP contribution in [0.4, 0.5) is 23.4 Å². The van der Waals surface area contributed by atoms with E-state index in [1.807, 2.05) is 0 Å². The molecule has 0 fully saturated rings. The van der Waals surface area contributed by atoms with E-state index in [0.717, 1.165) is 12.3 Å². The molecule has 0 aromatic carbocycles. The lowest BCUT2D eigenvalue weighted by Crippen LogP contribution is -2.20. The highest BCUT2D eigenvalue weighted by Crippen LogP contribution is 2.23. The van der Waals surface area contributed by atoms with Crippen molar-refractivity contribution < 1.29 is 22.3 Å². The molecule has 2 aromatic heterocycles. The van der Waals surface area contributed by atoms with Gasteiger partial charge in [0, 0.05) is 11.8 Å². The number of hydrogen-bond donors (Lipinski definition) is 2. The van der Waals surface area contributed by atoms with E-state index in [4.69, 9.17) is 5.84 Å². The smallest absolute Gasteiger partial charge is 0.304 e. The Labute approximate surface area is 116 Å². The number of nitrogens with two attached hydrogens (primary N) is 1. The van der Waals surface area contributed by atoms with Crippen molar-refractivity contribution in [2.24, 2.45) is 5.84 Å². The van der Waals surface area contributed by atoms with Crippen LogP contribution in [0.1, 0.15) is 0 Å². The van der Waals surface area contributed by atoms with Crippen LogP contribution >= 0.6 is 0 Å². The molecule has 21 heavy (non-hydrogen) atoms. The normalized spacial score (nSPS) is 12.3. The lowest BCUT2D eigenvalue weighted by molar-refractivity contribution is -0.0707. The highest BCUT2D eigenvalue weighted by Gasteiger charge is 2.23. The summed E-state index contributed by atoms with van der Waals surface area (Å²) in [6.07, 6.45) is -2.66. The summed E-state index contributed by atoms with van der Waals surface area (Å²) < 4.78 is 54.3. The zero-order chi connectivity index (χ0) is 15.4. The van der Waals surface area contributed by atoms with Gasteiger partial charge in [-0.15, -0.1) is 0 Å². The Bertz CT molecular complexity index is 610. The van der Waals surface area contributed by atoms with Crippen LogP contribution in [-0.4, -0.2) is 27.7 Å². The van der Waals surface area contributed by atoms with Crippen LogP contribution in [0.2, 0.25) is 0 Å². The Morgan fingerprint density at radius 3 is 2.38 bits per heavy atom. The summed E-state index contributed by atoms with van der Waals surface area (Å²) in [7, 11) is 0. The number of ether oxygens (including phenoxy) is 1. The first-order chi connectivity index (χ1) is 10.0. The van der Waals surface area contributed by atoms with Gasteiger partial charge in [0.05, 0.1) is 18.1 Å². The number of hydrogen-bond acceptors (Lipinski definition) is 6. The molecule has 1 unspecified atom stereocenters. The third-order valence-corrected chi connectivity index (χ3v) is 2.33. The predicted octanol–water partition coefficient (Wildman–Crippen LogP) is 1.90. The topological polar surface area (TPSA) is 86.0 Å². The van der Waals surface area contributed by atoms with Crippen molar-refractivity contribution in [3.05, 3.63) is 30.5 Å². The fraction of sp³-hybridized carbons (Fsp3) is 0.182. The van der Waals surface area contributed by atoms with Gasteiger partial charge in [-0.1, -0.05) is 0 Å². The summed E-state index contributed by atoms with van der Waals surface area (Å²) in [5.74, 6) is 3.45. The molecule has 1 atom stereocenters. The monoisotopic (exact) mass is 303 g/mol. The second-order valence-corrected chi connectivity index (χ2v) is 3.75. The number of rotatable bonds is 5. The Kier molecular flexibility index (Phi) is 4.48. The minimum Gasteiger partial charge on any atom is -0.435 e. The van der Waals surface area contributed by atoms with Crippen LogP contribution in [-0.2, 0) is 0 Å². The molecule has 6 nitrogen and oxygen atoms in total. The van der Waals surface area contributed by atoms with E-state index in [0.29, 0.717) is 5.82 Å². The van der Waals surface area contributed by atoms with Gasteiger partial charge in [0.25, 0.3) is 12.2 Å². The van der Waals surface area contributed by atoms with Crippen molar-refractivity contribution in [2.75, 3.05) is 5.43 Å². The van der Waals surface area contributed by atoms with Crippen molar-refractivity contribution in [1.29, 1.82) is 0 Å². The first-order valence-electron chi connectivity index (χ1n) is 5.54. The van der Waals surface area contributed by atoms with Gasteiger partial charge in [0.2, 0.25) is 0 Å². The van der Waals surface area contributed by atoms with Crippen LogP contribution in [0.25, 0.3) is 11.3 Å². The van der Waals surface area contributed by atoms with E-state index in [2.05, 4.69) is 25.1 Å². The Morgan fingerprint density at radius 2 is 1.86 bits per heavy atom. The van der Waals surface area contributed by atoms with Gasteiger partial charge in [-0.2, -0.15) is 4.39 Å². The van der Waals surface area contributed by atoms with Crippen LogP contribution in [0.5, 0.6) is 5.88 Å². The number of pyridine rings is 1. The van der Waals surface area contributed by atoms with Crippen LogP contribution in [0.15, 0.2) is 24.7 Å². The van der Waals surface area contributed by atoms with Gasteiger partial charge in [0.1, 0.15) is 0 Å². The quantitative estimate of drug-likeness (QED) is 0.498.